The molecule has 0 spiro atoms. The van der Waals surface area contributed by atoms with Crippen molar-refractivity contribution < 1.29 is 46.9 Å². The lowest BCUT2D eigenvalue weighted by molar-refractivity contribution is -0.139. The van der Waals surface area contributed by atoms with E-state index in [0.717, 1.165) is 12.1 Å². The number of sulfonamides is 2. The Bertz CT molecular complexity index is 1890. The number of aromatic hydroxyl groups is 2. The third kappa shape index (κ3) is 6.22. The smallest absolute Gasteiger partial charge is 0.320 e. The molecule has 2 atom stereocenters. The van der Waals surface area contributed by atoms with Gasteiger partial charge in [-0.25, -0.2) is 26.3 Å². The fourth-order valence-electron chi connectivity index (χ4n) is 5.53. The molecule has 0 aromatic heterocycles. The lowest BCUT2D eigenvalue weighted by atomic mass is 9.93. The molecular formula is C28H34N4O10S2. The lowest BCUT2D eigenvalue weighted by Crippen LogP contribution is -2.49. The Morgan fingerprint density at radius 1 is 0.682 bits per heavy atom. The number of hydrogen-bond acceptors (Lipinski definition) is 10. The summed E-state index contributed by atoms with van der Waals surface area (Å²) in [6.45, 7) is 5.69. The van der Waals surface area contributed by atoms with Crippen LogP contribution in [0.2, 0.25) is 0 Å². The third-order valence-corrected chi connectivity index (χ3v) is 10.8. The number of phenolic OH excluding ortho intramolecular Hbond substituents is 2. The summed E-state index contributed by atoms with van der Waals surface area (Å²) in [5, 5.41) is 40.6. The van der Waals surface area contributed by atoms with Gasteiger partial charge in [-0.3, -0.25) is 9.59 Å². The number of hydrogen-bond donors (Lipinski definition) is 8. The van der Waals surface area contributed by atoms with E-state index >= 15 is 0 Å². The first kappa shape index (κ1) is 33.1. The lowest BCUT2D eigenvalue weighted by Gasteiger charge is -2.29. The number of rotatable bonds is 12. The van der Waals surface area contributed by atoms with E-state index in [1.807, 2.05) is 0 Å². The first-order chi connectivity index (χ1) is 20.1. The average Bonchev–Trinajstić information content (AvgIpc) is 2.86. The molecule has 0 radical (unpaired) electrons. The molecule has 238 valence electrons. The van der Waals surface area contributed by atoms with E-state index in [2.05, 4.69) is 9.44 Å². The van der Waals surface area contributed by atoms with Crippen LogP contribution in [-0.4, -0.2) is 72.4 Å². The second-order valence-electron chi connectivity index (χ2n) is 12.1. The molecule has 0 saturated carbocycles. The fraction of sp³-hybridized carbons (Fsp3) is 0.357. The minimum Gasteiger partial charge on any atom is -0.507 e. The van der Waals surface area contributed by atoms with Crippen molar-refractivity contribution in [2.75, 3.05) is 0 Å². The van der Waals surface area contributed by atoms with Crippen molar-refractivity contribution in [1.29, 1.82) is 0 Å². The average molecular weight is 651 g/mol. The number of carbonyl (C=O) groups is 2. The summed E-state index contributed by atoms with van der Waals surface area (Å²) in [6, 6.07) is 4.92. The number of aliphatic carboxylic acids is 2. The van der Waals surface area contributed by atoms with Crippen LogP contribution in [0.25, 0.3) is 32.3 Å². The van der Waals surface area contributed by atoms with Crippen molar-refractivity contribution in [2.45, 2.75) is 73.5 Å². The van der Waals surface area contributed by atoms with Crippen molar-refractivity contribution in [3.05, 3.63) is 36.4 Å². The van der Waals surface area contributed by atoms with Crippen LogP contribution in [0.15, 0.2) is 46.2 Å². The van der Waals surface area contributed by atoms with Gasteiger partial charge in [0, 0.05) is 49.5 Å². The van der Waals surface area contributed by atoms with Gasteiger partial charge in [-0.1, -0.05) is 12.1 Å². The Balaban J connectivity index is 2.03. The Labute approximate surface area is 253 Å². The summed E-state index contributed by atoms with van der Waals surface area (Å²) >= 11 is 0. The molecule has 0 aliphatic carbocycles. The van der Waals surface area contributed by atoms with E-state index in [1.165, 1.54) is 52.0 Å². The predicted octanol–water partition coefficient (Wildman–Crippen LogP) is 1.71. The van der Waals surface area contributed by atoms with E-state index in [4.69, 9.17) is 11.5 Å². The second-order valence-corrected chi connectivity index (χ2v) is 15.4. The molecule has 0 saturated heterocycles. The molecule has 14 nitrogen and oxygen atoms in total. The first-order valence-corrected chi connectivity index (χ1v) is 16.2. The van der Waals surface area contributed by atoms with Gasteiger partial charge in [0.1, 0.15) is 23.6 Å². The maximum absolute atomic E-state index is 14.0. The van der Waals surface area contributed by atoms with Gasteiger partial charge < -0.3 is 31.9 Å². The van der Waals surface area contributed by atoms with Crippen LogP contribution in [0, 0.1) is 0 Å². The van der Waals surface area contributed by atoms with Crippen molar-refractivity contribution in [2.24, 2.45) is 11.5 Å². The third-order valence-electron chi connectivity index (χ3n) is 7.27. The number of nitrogens with one attached hydrogen (secondary N) is 2. The molecule has 4 aromatic rings. The fourth-order valence-corrected chi connectivity index (χ4v) is 8.91. The number of carboxylic acids is 2. The zero-order chi connectivity index (χ0) is 33.2. The molecule has 2 unspecified atom stereocenters. The molecule has 44 heavy (non-hydrogen) atoms. The molecule has 0 amide bonds. The van der Waals surface area contributed by atoms with Crippen molar-refractivity contribution in [1.82, 2.24) is 9.44 Å². The minimum atomic E-state index is -4.60. The van der Waals surface area contributed by atoms with Crippen LogP contribution in [0.1, 0.15) is 40.5 Å². The monoisotopic (exact) mass is 650 g/mol. The number of carboxylic acid groups (broad SMARTS) is 2. The van der Waals surface area contributed by atoms with E-state index in [1.54, 1.807) is 0 Å². The minimum absolute atomic E-state index is 0.0556. The van der Waals surface area contributed by atoms with Gasteiger partial charge in [0.15, 0.2) is 0 Å². The van der Waals surface area contributed by atoms with Crippen molar-refractivity contribution in [3.63, 3.8) is 0 Å². The maximum Gasteiger partial charge on any atom is 0.320 e. The van der Waals surface area contributed by atoms with E-state index in [0.29, 0.717) is 0 Å². The van der Waals surface area contributed by atoms with E-state index in [-0.39, 0.29) is 56.7 Å². The van der Waals surface area contributed by atoms with Crippen molar-refractivity contribution >= 4 is 64.3 Å². The van der Waals surface area contributed by atoms with Crippen LogP contribution in [0.4, 0.5) is 0 Å². The van der Waals surface area contributed by atoms with Gasteiger partial charge in [0.05, 0.1) is 9.79 Å². The zero-order valence-electron chi connectivity index (χ0n) is 24.2. The highest BCUT2D eigenvalue weighted by Crippen LogP contribution is 2.45. The Hall–Kier alpha value is -3.80. The predicted molar refractivity (Wildman–Crippen MR) is 163 cm³/mol. The highest BCUT2D eigenvalue weighted by Gasteiger charge is 2.36. The number of phenols is 2. The molecule has 4 aromatic carbocycles. The molecule has 4 rings (SSSR count). The van der Waals surface area contributed by atoms with Gasteiger partial charge in [0.2, 0.25) is 20.0 Å². The van der Waals surface area contributed by atoms with E-state index in [9.17, 15) is 46.9 Å². The summed E-state index contributed by atoms with van der Waals surface area (Å²) in [6.07, 6.45) is -0.611. The SMILES string of the molecule is CC(C)(CC(N)C(=O)O)NS(=O)(=O)c1cc(S(=O)(=O)NC(C)(C)CC(N)C(=O)O)c2ccc3c(O)cc(O)c4ccc1c2c43. The zero-order valence-corrected chi connectivity index (χ0v) is 25.9. The van der Waals surface area contributed by atoms with Crippen molar-refractivity contribution in [3.8, 4) is 11.5 Å². The molecule has 0 heterocycles. The van der Waals surface area contributed by atoms with Gasteiger partial charge in [-0.15, -0.1) is 0 Å². The van der Waals surface area contributed by atoms with Gasteiger partial charge >= 0.3 is 11.9 Å². The van der Waals surface area contributed by atoms with E-state index < -0.39 is 64.9 Å². The van der Waals surface area contributed by atoms with Gasteiger partial charge in [0.25, 0.3) is 0 Å². The Kier molecular flexibility index (Phi) is 8.25. The van der Waals surface area contributed by atoms with Crippen LogP contribution in [0.3, 0.4) is 0 Å². The summed E-state index contributed by atoms with van der Waals surface area (Å²) < 4.78 is 60.7. The molecular weight excluding hydrogens is 616 g/mol. The van der Waals surface area contributed by atoms with Crippen LogP contribution < -0.4 is 20.9 Å². The Morgan fingerprint density at radius 2 is 1.00 bits per heavy atom. The van der Waals surface area contributed by atoms with Gasteiger partial charge in [-0.2, -0.15) is 0 Å². The summed E-state index contributed by atoms with van der Waals surface area (Å²) in [4.78, 5) is 21.7. The summed E-state index contributed by atoms with van der Waals surface area (Å²) in [7, 11) is -9.21. The molecule has 0 aliphatic heterocycles. The molecule has 0 bridgehead atoms. The number of nitrogens with two attached hydrogens (primary N) is 2. The maximum atomic E-state index is 14.0. The topological polar surface area (TPSA) is 259 Å². The molecule has 0 fully saturated rings. The summed E-state index contributed by atoms with van der Waals surface area (Å²) in [5.74, 6) is -3.34. The summed E-state index contributed by atoms with van der Waals surface area (Å²) in [5.41, 5.74) is 8.51. The first-order valence-electron chi connectivity index (χ1n) is 13.3. The molecule has 0 aliphatic rings. The van der Waals surface area contributed by atoms with Crippen LogP contribution >= 0.6 is 0 Å². The molecule has 10 N–H and O–H groups in total. The standard InChI is InChI=1S/C28H34N4O10S2/c1-27(2,11-17(29)25(35)36)31-43(39,40)21-10-22(44(41,42)32-28(3,4)12-18(30)26(37)38)16-8-6-14-20(34)9-19(33)13-5-7-15(21)24(16)23(13)14/h5-10,17-18,31-34H,11-12,29-30H2,1-4H3,(H,35,36)(H,37,38). The second kappa shape index (κ2) is 11.0. The quantitative estimate of drug-likeness (QED) is 0.102. The van der Waals surface area contributed by atoms with Crippen LogP contribution in [-0.2, 0) is 29.6 Å². The number of benzene rings is 4. The normalized spacial score (nSPS) is 14.8. The Morgan fingerprint density at radius 3 is 1.34 bits per heavy atom. The van der Waals surface area contributed by atoms with Gasteiger partial charge in [-0.05, 0) is 58.7 Å². The highest BCUT2D eigenvalue weighted by atomic mass is 32.2. The molecule has 16 heteroatoms. The van der Waals surface area contributed by atoms with Crippen LogP contribution in [0.5, 0.6) is 11.5 Å². The highest BCUT2D eigenvalue weighted by molar-refractivity contribution is 7.90. The largest absolute Gasteiger partial charge is 0.507 e.